The summed E-state index contributed by atoms with van der Waals surface area (Å²) in [5.41, 5.74) is 9.53. The quantitative estimate of drug-likeness (QED) is 0.183. The summed E-state index contributed by atoms with van der Waals surface area (Å²) in [5, 5.41) is 8.14. The highest BCUT2D eigenvalue weighted by molar-refractivity contribution is 7.91. The van der Waals surface area contributed by atoms with E-state index in [-0.39, 0.29) is 22.8 Å². The lowest BCUT2D eigenvalue weighted by molar-refractivity contribution is 0.415. The average molecular weight is 655 g/mol. The Kier molecular flexibility index (Phi) is 8.35. The van der Waals surface area contributed by atoms with Gasteiger partial charge in [0.25, 0.3) is 5.56 Å². The zero-order valence-corrected chi connectivity index (χ0v) is 26.5. The second kappa shape index (κ2) is 12.6. The summed E-state index contributed by atoms with van der Waals surface area (Å²) >= 11 is 0. The van der Waals surface area contributed by atoms with Crippen molar-refractivity contribution in [3.63, 3.8) is 0 Å². The fraction of sp³-hybridized carbons (Fsp3) is 0.152. The molecule has 0 amide bonds. The molecular weight excluding hydrogens is 623 g/mol. The molecule has 0 radical (unpaired) electrons. The number of rotatable bonds is 10. The zero-order valence-electron chi connectivity index (χ0n) is 25.7. The first-order valence-electron chi connectivity index (χ1n) is 14.5. The molecule has 4 N–H and O–H groups in total. The van der Waals surface area contributed by atoms with E-state index in [1.165, 1.54) is 43.8 Å². The van der Waals surface area contributed by atoms with Crippen LogP contribution < -0.4 is 26.1 Å². The molecular formula is C33H31FN8O4S. The standard InChI is InChI=1S/C33H31FN8O4S/c1-20-13-14-41-29(20)33(43)42(26-7-5-4-6-8-26)32(39-41)21(2)38-31-28(30(35)36-19-37-31)23-15-25(17-27(16-23)46-3)40-47(44,45)18-22-9-11-24(34)12-10-22/h4-17,19,21,40H,18H2,1-3H3,(H3,35,36,37,38). The molecule has 0 aliphatic heterocycles. The molecule has 12 nitrogen and oxygen atoms in total. The molecule has 240 valence electrons. The van der Waals surface area contributed by atoms with E-state index in [0.717, 1.165) is 5.56 Å². The molecule has 0 aliphatic carbocycles. The number of aryl methyl sites for hydroxylation is 1. The minimum Gasteiger partial charge on any atom is -0.497 e. The van der Waals surface area contributed by atoms with Crippen LogP contribution in [0, 0.1) is 12.7 Å². The van der Waals surface area contributed by atoms with Crippen LogP contribution in [0.15, 0.2) is 96.2 Å². The lowest BCUT2D eigenvalue weighted by Crippen LogP contribution is -2.29. The van der Waals surface area contributed by atoms with Crippen molar-refractivity contribution in [3.8, 4) is 22.6 Å². The van der Waals surface area contributed by atoms with Crippen molar-refractivity contribution in [2.45, 2.75) is 25.6 Å². The lowest BCUT2D eigenvalue weighted by Gasteiger charge is -2.21. The molecule has 47 heavy (non-hydrogen) atoms. The largest absolute Gasteiger partial charge is 0.497 e. The van der Waals surface area contributed by atoms with Crippen LogP contribution >= 0.6 is 0 Å². The number of anilines is 3. The van der Waals surface area contributed by atoms with E-state index in [4.69, 9.17) is 15.6 Å². The minimum atomic E-state index is -3.90. The number of halogens is 1. The number of para-hydroxylation sites is 1. The molecule has 1 unspecified atom stereocenters. The van der Waals surface area contributed by atoms with Gasteiger partial charge in [-0.2, -0.15) is 5.10 Å². The Labute approximate surface area is 269 Å². The zero-order chi connectivity index (χ0) is 33.3. The number of hydrogen-bond acceptors (Lipinski definition) is 9. The Balaban J connectivity index is 1.39. The normalized spacial score (nSPS) is 12.2. The molecule has 6 rings (SSSR count). The highest BCUT2D eigenvalue weighted by Crippen LogP contribution is 2.37. The Morgan fingerprint density at radius 1 is 1.02 bits per heavy atom. The predicted molar refractivity (Wildman–Crippen MR) is 179 cm³/mol. The summed E-state index contributed by atoms with van der Waals surface area (Å²) in [6.45, 7) is 3.70. The summed E-state index contributed by atoms with van der Waals surface area (Å²) in [4.78, 5) is 22.5. The topological polar surface area (TPSA) is 159 Å². The Morgan fingerprint density at radius 3 is 2.49 bits per heavy atom. The Morgan fingerprint density at radius 2 is 1.77 bits per heavy atom. The van der Waals surface area contributed by atoms with Crippen molar-refractivity contribution in [1.29, 1.82) is 0 Å². The van der Waals surface area contributed by atoms with E-state index < -0.39 is 21.9 Å². The molecule has 0 saturated carbocycles. The second-order valence-corrected chi connectivity index (χ2v) is 12.6. The van der Waals surface area contributed by atoms with Crippen molar-refractivity contribution in [1.82, 2.24) is 24.1 Å². The lowest BCUT2D eigenvalue weighted by atomic mass is 10.1. The molecule has 3 aromatic heterocycles. The fourth-order valence-electron chi connectivity index (χ4n) is 5.34. The molecule has 6 aromatic rings. The number of nitrogens with one attached hydrogen (secondary N) is 2. The van der Waals surface area contributed by atoms with E-state index in [9.17, 15) is 17.6 Å². The first-order chi connectivity index (χ1) is 22.5. The first-order valence-corrected chi connectivity index (χ1v) is 16.2. The fourth-order valence-corrected chi connectivity index (χ4v) is 6.52. The number of hydrogen-bond donors (Lipinski definition) is 3. The number of nitrogens with two attached hydrogens (primary N) is 1. The maximum atomic E-state index is 13.8. The SMILES string of the molecule is COc1cc(NS(=O)(=O)Cc2ccc(F)cc2)cc(-c2c(N)ncnc2NC(C)c2nn3ccc(C)c3c(=O)n2-c2ccccc2)c1. The van der Waals surface area contributed by atoms with Gasteiger partial charge in [-0.25, -0.2) is 27.3 Å². The summed E-state index contributed by atoms with van der Waals surface area (Å²) < 4.78 is 50.7. The van der Waals surface area contributed by atoms with E-state index >= 15 is 0 Å². The summed E-state index contributed by atoms with van der Waals surface area (Å²) in [6.07, 6.45) is 3.04. The van der Waals surface area contributed by atoms with Gasteiger partial charge >= 0.3 is 0 Å². The van der Waals surface area contributed by atoms with E-state index in [1.54, 1.807) is 27.4 Å². The van der Waals surface area contributed by atoms with Gasteiger partial charge in [0.2, 0.25) is 10.0 Å². The van der Waals surface area contributed by atoms with Crippen molar-refractivity contribution < 1.29 is 17.5 Å². The van der Waals surface area contributed by atoms with Crippen molar-refractivity contribution in [2.75, 3.05) is 22.9 Å². The molecule has 0 fully saturated rings. The van der Waals surface area contributed by atoms with Gasteiger partial charge in [0.15, 0.2) is 5.82 Å². The summed E-state index contributed by atoms with van der Waals surface area (Å²) in [6, 6.07) is 20.5. The van der Waals surface area contributed by atoms with Crippen LogP contribution in [0.1, 0.15) is 29.9 Å². The van der Waals surface area contributed by atoms with Crippen LogP contribution in [-0.4, -0.2) is 39.7 Å². The summed E-state index contributed by atoms with van der Waals surface area (Å²) in [5.74, 6) is 0.355. The maximum absolute atomic E-state index is 13.8. The molecule has 0 aliphatic rings. The molecule has 0 saturated heterocycles. The van der Waals surface area contributed by atoms with Gasteiger partial charge in [0, 0.05) is 12.3 Å². The van der Waals surface area contributed by atoms with E-state index in [1.807, 2.05) is 50.2 Å². The van der Waals surface area contributed by atoms with Gasteiger partial charge in [0.05, 0.1) is 35.8 Å². The van der Waals surface area contributed by atoms with Crippen LogP contribution in [0.2, 0.25) is 0 Å². The van der Waals surface area contributed by atoms with Crippen LogP contribution in [-0.2, 0) is 15.8 Å². The number of benzene rings is 3. The van der Waals surface area contributed by atoms with Crippen molar-refractivity contribution in [2.24, 2.45) is 0 Å². The second-order valence-electron chi connectivity index (χ2n) is 10.9. The monoisotopic (exact) mass is 654 g/mol. The maximum Gasteiger partial charge on any atom is 0.282 e. The number of aromatic nitrogens is 5. The predicted octanol–water partition coefficient (Wildman–Crippen LogP) is 5.10. The molecule has 0 bridgehead atoms. The highest BCUT2D eigenvalue weighted by Gasteiger charge is 2.23. The van der Waals surface area contributed by atoms with Crippen molar-refractivity contribution in [3.05, 3.63) is 125 Å². The number of fused-ring (bicyclic) bond motifs is 1. The van der Waals surface area contributed by atoms with Crippen LogP contribution in [0.4, 0.5) is 21.7 Å². The van der Waals surface area contributed by atoms with Gasteiger partial charge in [-0.1, -0.05) is 30.3 Å². The van der Waals surface area contributed by atoms with E-state index in [2.05, 4.69) is 20.0 Å². The first kappa shape index (κ1) is 31.2. The van der Waals surface area contributed by atoms with E-state index in [0.29, 0.717) is 45.3 Å². The van der Waals surface area contributed by atoms with Crippen LogP contribution in [0.3, 0.4) is 0 Å². The van der Waals surface area contributed by atoms with Crippen molar-refractivity contribution >= 4 is 32.9 Å². The third-order valence-corrected chi connectivity index (χ3v) is 8.78. The molecule has 14 heteroatoms. The number of ether oxygens (including phenoxy) is 1. The Hall–Kier alpha value is -5.76. The molecule has 3 aromatic carbocycles. The molecule has 1 atom stereocenters. The van der Waals surface area contributed by atoms with Gasteiger partial charge in [-0.3, -0.25) is 14.1 Å². The average Bonchev–Trinajstić information content (AvgIpc) is 3.42. The third kappa shape index (κ3) is 6.49. The van der Waals surface area contributed by atoms with Gasteiger partial charge in [-0.05, 0) is 73.0 Å². The third-order valence-electron chi connectivity index (χ3n) is 7.52. The summed E-state index contributed by atoms with van der Waals surface area (Å²) in [7, 11) is -2.45. The van der Waals surface area contributed by atoms with Crippen LogP contribution in [0.25, 0.3) is 22.3 Å². The smallest absolute Gasteiger partial charge is 0.282 e. The number of nitrogens with zero attached hydrogens (tertiary/aromatic N) is 5. The molecule has 0 spiro atoms. The number of nitrogen functional groups attached to an aromatic ring is 1. The number of methoxy groups -OCH3 is 1. The Bertz CT molecular complexity index is 2260. The van der Waals surface area contributed by atoms with Gasteiger partial charge in [0.1, 0.15) is 35.0 Å². The van der Waals surface area contributed by atoms with Gasteiger partial charge < -0.3 is 15.8 Å². The highest BCUT2D eigenvalue weighted by atomic mass is 32.2. The molecule has 3 heterocycles. The van der Waals surface area contributed by atoms with Gasteiger partial charge in [-0.15, -0.1) is 0 Å². The number of sulfonamides is 1. The minimum absolute atomic E-state index is 0.118. The van der Waals surface area contributed by atoms with Crippen LogP contribution in [0.5, 0.6) is 5.75 Å².